The van der Waals surface area contributed by atoms with Gasteiger partial charge in [-0.05, 0) is 56.5 Å². The summed E-state index contributed by atoms with van der Waals surface area (Å²) in [5.74, 6) is 2.30. The van der Waals surface area contributed by atoms with Gasteiger partial charge in [0.2, 0.25) is 0 Å². The number of benzene rings is 1. The maximum atomic E-state index is 6.14. The molecular weight excluding hydrogens is 400 g/mol. The van der Waals surface area contributed by atoms with Gasteiger partial charge in [-0.3, -0.25) is 4.90 Å². The first-order valence-electron chi connectivity index (χ1n) is 10.6. The highest BCUT2D eigenvalue weighted by atomic mass is 35.5. The van der Waals surface area contributed by atoms with E-state index in [0.29, 0.717) is 5.92 Å². The Morgan fingerprint density at radius 3 is 2.70 bits per heavy atom. The average molecular weight is 427 g/mol. The van der Waals surface area contributed by atoms with E-state index in [9.17, 15) is 0 Å². The highest BCUT2D eigenvalue weighted by molar-refractivity contribution is 6.30. The van der Waals surface area contributed by atoms with Gasteiger partial charge in [0.05, 0.1) is 18.2 Å². The van der Waals surface area contributed by atoms with E-state index in [-0.39, 0.29) is 11.6 Å². The predicted octanol–water partition coefficient (Wildman–Crippen LogP) is 3.92. The lowest BCUT2D eigenvalue weighted by Crippen LogP contribution is -2.50. The quantitative estimate of drug-likeness (QED) is 0.644. The van der Waals surface area contributed by atoms with E-state index in [1.165, 1.54) is 18.4 Å². The van der Waals surface area contributed by atoms with Gasteiger partial charge in [0.25, 0.3) is 0 Å². The molecule has 8 heteroatoms. The van der Waals surface area contributed by atoms with Crippen molar-refractivity contribution in [2.45, 2.75) is 44.2 Å². The second-order valence-electron chi connectivity index (χ2n) is 8.85. The number of halogens is 1. The molecule has 1 saturated heterocycles. The molecule has 1 unspecified atom stereocenters. The molecule has 1 N–H and O–H groups in total. The molecule has 3 aromatic rings. The van der Waals surface area contributed by atoms with Crippen molar-refractivity contribution in [1.82, 2.24) is 24.7 Å². The summed E-state index contributed by atoms with van der Waals surface area (Å²) in [6.45, 7) is 7.51. The van der Waals surface area contributed by atoms with E-state index in [2.05, 4.69) is 46.4 Å². The molecule has 1 aliphatic heterocycles. The summed E-state index contributed by atoms with van der Waals surface area (Å²) in [7, 11) is 0. The number of morpholine rings is 1. The summed E-state index contributed by atoms with van der Waals surface area (Å²) in [6, 6.07) is 12.3. The summed E-state index contributed by atoms with van der Waals surface area (Å²) in [5.41, 5.74) is 1.86. The summed E-state index contributed by atoms with van der Waals surface area (Å²) >= 11 is 6.14. The Morgan fingerprint density at radius 2 is 1.97 bits per heavy atom. The Labute approximate surface area is 181 Å². The van der Waals surface area contributed by atoms with Crippen LogP contribution in [0.5, 0.6) is 0 Å². The Hall–Kier alpha value is -2.22. The minimum Gasteiger partial charge on any atom is -0.373 e. The first-order valence-corrected chi connectivity index (χ1v) is 11.0. The van der Waals surface area contributed by atoms with Crippen molar-refractivity contribution in [2.24, 2.45) is 0 Å². The standard InChI is InChI=1S/C22H27ClN6O/c1-22(2)14-28(11-12-30-22)18(15-5-7-17(23)8-6-15)13-24-19-9-10-20-25-26-21(16-3-4-16)29(20)27-19/h5-10,16,18H,3-4,11-14H2,1-2H3,(H,24,27). The summed E-state index contributed by atoms with van der Waals surface area (Å²) in [5, 5.41) is 17.6. The molecule has 1 aromatic carbocycles. The fourth-order valence-corrected chi connectivity index (χ4v) is 4.28. The lowest BCUT2D eigenvalue weighted by Gasteiger charge is -2.42. The molecule has 30 heavy (non-hydrogen) atoms. The number of nitrogens with one attached hydrogen (secondary N) is 1. The van der Waals surface area contributed by atoms with Crippen LogP contribution in [-0.2, 0) is 4.74 Å². The molecule has 2 aromatic heterocycles. The third-order valence-electron chi connectivity index (χ3n) is 5.86. The van der Waals surface area contributed by atoms with Crippen molar-refractivity contribution in [3.8, 4) is 0 Å². The predicted molar refractivity (Wildman–Crippen MR) is 117 cm³/mol. The Kier molecular flexibility index (Phi) is 5.13. The Bertz CT molecular complexity index is 1030. The fraction of sp³-hybridized carbons (Fsp3) is 0.500. The van der Waals surface area contributed by atoms with Gasteiger partial charge in [-0.15, -0.1) is 15.3 Å². The van der Waals surface area contributed by atoms with Crippen LogP contribution in [0.1, 0.15) is 50.0 Å². The minimum atomic E-state index is -0.165. The van der Waals surface area contributed by atoms with Gasteiger partial charge in [0.15, 0.2) is 11.5 Å². The van der Waals surface area contributed by atoms with Gasteiger partial charge < -0.3 is 10.1 Å². The topological polar surface area (TPSA) is 67.6 Å². The smallest absolute Gasteiger partial charge is 0.178 e. The lowest BCUT2D eigenvalue weighted by molar-refractivity contribution is -0.0963. The maximum absolute atomic E-state index is 6.14. The van der Waals surface area contributed by atoms with E-state index in [1.807, 2.05) is 28.8 Å². The van der Waals surface area contributed by atoms with E-state index in [1.54, 1.807) is 0 Å². The Morgan fingerprint density at radius 1 is 1.17 bits per heavy atom. The number of anilines is 1. The van der Waals surface area contributed by atoms with Gasteiger partial charge in [-0.25, -0.2) is 0 Å². The largest absolute Gasteiger partial charge is 0.373 e. The van der Waals surface area contributed by atoms with Crippen LogP contribution in [0.3, 0.4) is 0 Å². The number of nitrogens with zero attached hydrogens (tertiary/aromatic N) is 5. The van der Waals surface area contributed by atoms with Crippen molar-refractivity contribution >= 4 is 23.1 Å². The van der Waals surface area contributed by atoms with Crippen LogP contribution >= 0.6 is 11.6 Å². The van der Waals surface area contributed by atoms with Gasteiger partial charge >= 0.3 is 0 Å². The molecule has 2 aliphatic rings. The molecule has 0 bridgehead atoms. The Balaban J connectivity index is 1.38. The third kappa shape index (κ3) is 4.15. The zero-order valence-corrected chi connectivity index (χ0v) is 18.1. The molecule has 0 amide bonds. The summed E-state index contributed by atoms with van der Waals surface area (Å²) < 4.78 is 7.82. The number of fused-ring (bicyclic) bond motifs is 1. The number of ether oxygens (including phenoxy) is 1. The van der Waals surface area contributed by atoms with E-state index in [0.717, 1.165) is 48.6 Å². The van der Waals surface area contributed by atoms with Gasteiger partial charge in [-0.2, -0.15) is 4.52 Å². The van der Waals surface area contributed by atoms with Gasteiger partial charge in [-0.1, -0.05) is 23.7 Å². The SMILES string of the molecule is CC1(C)CN(C(CNc2ccc3nnc(C4CC4)n3n2)c2ccc(Cl)cc2)CCO1. The molecular formula is C22H27ClN6O. The number of hydrogen-bond donors (Lipinski definition) is 1. The average Bonchev–Trinajstić information content (AvgIpc) is 3.48. The van der Waals surface area contributed by atoms with Crippen molar-refractivity contribution in [3.05, 3.63) is 52.8 Å². The molecule has 5 rings (SSSR count). The van der Waals surface area contributed by atoms with E-state index < -0.39 is 0 Å². The molecule has 1 saturated carbocycles. The molecule has 158 valence electrons. The second-order valence-corrected chi connectivity index (χ2v) is 9.28. The zero-order valence-electron chi connectivity index (χ0n) is 17.4. The lowest BCUT2D eigenvalue weighted by atomic mass is 10.0. The summed E-state index contributed by atoms with van der Waals surface area (Å²) in [4.78, 5) is 2.48. The normalized spacial score (nSPS) is 20.4. The van der Waals surface area contributed by atoms with Crippen LogP contribution < -0.4 is 5.32 Å². The van der Waals surface area contributed by atoms with Crippen molar-refractivity contribution in [2.75, 3.05) is 31.6 Å². The van der Waals surface area contributed by atoms with Gasteiger partial charge in [0.1, 0.15) is 5.82 Å². The molecule has 1 atom stereocenters. The first-order chi connectivity index (χ1) is 14.5. The molecule has 0 spiro atoms. The molecule has 3 heterocycles. The monoisotopic (exact) mass is 426 g/mol. The first kappa shape index (κ1) is 19.7. The highest BCUT2D eigenvalue weighted by Gasteiger charge is 2.32. The number of aromatic nitrogens is 4. The third-order valence-corrected chi connectivity index (χ3v) is 6.11. The molecule has 2 fully saturated rings. The van der Waals surface area contributed by atoms with Crippen LogP contribution in [0.2, 0.25) is 5.02 Å². The van der Waals surface area contributed by atoms with Crippen LogP contribution in [0, 0.1) is 0 Å². The van der Waals surface area contributed by atoms with Crippen LogP contribution in [-0.4, -0.2) is 56.6 Å². The molecule has 0 radical (unpaired) electrons. The van der Waals surface area contributed by atoms with Crippen LogP contribution in [0.4, 0.5) is 5.82 Å². The second kappa shape index (κ2) is 7.80. The van der Waals surface area contributed by atoms with Crippen LogP contribution in [0.25, 0.3) is 5.65 Å². The molecule has 7 nitrogen and oxygen atoms in total. The van der Waals surface area contributed by atoms with Crippen molar-refractivity contribution in [1.29, 1.82) is 0 Å². The maximum Gasteiger partial charge on any atom is 0.178 e. The minimum absolute atomic E-state index is 0.165. The number of hydrogen-bond acceptors (Lipinski definition) is 6. The number of rotatable bonds is 6. The van der Waals surface area contributed by atoms with Crippen molar-refractivity contribution in [3.63, 3.8) is 0 Å². The fourth-order valence-electron chi connectivity index (χ4n) is 4.16. The summed E-state index contributed by atoms with van der Waals surface area (Å²) in [6.07, 6.45) is 2.34. The van der Waals surface area contributed by atoms with E-state index >= 15 is 0 Å². The highest BCUT2D eigenvalue weighted by Crippen LogP contribution is 2.38. The zero-order chi connectivity index (χ0) is 20.7. The molecule has 1 aliphatic carbocycles. The van der Waals surface area contributed by atoms with Crippen LogP contribution in [0.15, 0.2) is 36.4 Å². The van der Waals surface area contributed by atoms with Crippen molar-refractivity contribution < 1.29 is 4.74 Å². The van der Waals surface area contributed by atoms with Gasteiger partial charge in [0, 0.05) is 30.6 Å². The van der Waals surface area contributed by atoms with E-state index in [4.69, 9.17) is 21.4 Å².